The number of methoxy groups -OCH3 is 1. The average Bonchev–Trinajstić information content (AvgIpc) is 3.53. The smallest absolute Gasteiger partial charge is 0.229 e. The molecule has 5 rings (SSSR count). The lowest BCUT2D eigenvalue weighted by Crippen LogP contribution is -2.30. The van der Waals surface area contributed by atoms with Crippen molar-refractivity contribution in [3.63, 3.8) is 0 Å². The second-order valence-corrected chi connectivity index (χ2v) is 11.1. The van der Waals surface area contributed by atoms with E-state index in [0.717, 1.165) is 34.8 Å². The number of ether oxygens (including phenoxy) is 2. The standard InChI is InChI=1S/C28H29N5O4S2/c1-4-37-21-13-10-19(11-14-21)32-17-7-9-24(32)27-26(23-8-5-6-16-29-23)30-28(38)33(27)20-12-15-22(25(18-20)36-2)31-39(3,34)35/h5-18,26-27,31H,4H2,1-3H3,(H,30,38)/t26-,27-/m1/s1. The summed E-state index contributed by atoms with van der Waals surface area (Å²) in [5.41, 5.74) is 3.89. The second-order valence-electron chi connectivity index (χ2n) is 8.99. The quantitative estimate of drug-likeness (QED) is 0.280. The van der Waals surface area contributed by atoms with Gasteiger partial charge in [0.2, 0.25) is 10.0 Å². The molecule has 1 aliphatic rings. The molecular formula is C28H29N5O4S2. The van der Waals surface area contributed by atoms with Crippen LogP contribution in [0.15, 0.2) is 85.2 Å². The number of nitrogens with zero attached hydrogens (tertiary/aromatic N) is 3. The molecule has 9 nitrogen and oxygen atoms in total. The lowest BCUT2D eigenvalue weighted by molar-refractivity contribution is 0.340. The number of aromatic nitrogens is 2. The number of pyridine rings is 1. The zero-order valence-electron chi connectivity index (χ0n) is 21.7. The van der Waals surface area contributed by atoms with Gasteiger partial charge in [-0.3, -0.25) is 9.71 Å². The Hall–Kier alpha value is -4.09. The third kappa shape index (κ3) is 5.55. The number of nitrogens with one attached hydrogen (secondary N) is 2. The Morgan fingerprint density at radius 3 is 2.49 bits per heavy atom. The molecule has 0 spiro atoms. The molecule has 11 heteroatoms. The number of thiocarbonyl (C=S) groups is 1. The van der Waals surface area contributed by atoms with Crippen molar-refractivity contribution in [1.29, 1.82) is 0 Å². The van der Waals surface area contributed by atoms with Crippen LogP contribution in [-0.4, -0.2) is 43.1 Å². The molecule has 202 valence electrons. The molecule has 0 bridgehead atoms. The number of hydrogen-bond donors (Lipinski definition) is 2. The predicted octanol–water partition coefficient (Wildman–Crippen LogP) is 4.83. The van der Waals surface area contributed by atoms with Crippen LogP contribution in [0.1, 0.15) is 30.4 Å². The van der Waals surface area contributed by atoms with Crippen LogP contribution in [0.2, 0.25) is 0 Å². The fourth-order valence-corrected chi connectivity index (χ4v) is 5.70. The predicted molar refractivity (Wildman–Crippen MR) is 156 cm³/mol. The molecule has 3 heterocycles. The summed E-state index contributed by atoms with van der Waals surface area (Å²) in [6, 6.07) is 22.5. The molecule has 1 saturated heterocycles. The summed E-state index contributed by atoms with van der Waals surface area (Å²) in [7, 11) is -1.99. The minimum absolute atomic E-state index is 0.255. The van der Waals surface area contributed by atoms with Gasteiger partial charge in [-0.1, -0.05) is 6.07 Å². The summed E-state index contributed by atoms with van der Waals surface area (Å²) in [5, 5.41) is 3.98. The molecule has 0 saturated carbocycles. The fraction of sp³-hybridized carbons (Fsp3) is 0.214. The van der Waals surface area contributed by atoms with Gasteiger partial charge in [0.25, 0.3) is 0 Å². The van der Waals surface area contributed by atoms with Gasteiger partial charge in [-0.2, -0.15) is 0 Å². The molecule has 2 atom stereocenters. The molecule has 0 aliphatic carbocycles. The molecular weight excluding hydrogens is 534 g/mol. The number of anilines is 2. The maximum absolute atomic E-state index is 11.9. The van der Waals surface area contributed by atoms with Crippen LogP contribution in [0.3, 0.4) is 0 Å². The summed E-state index contributed by atoms with van der Waals surface area (Å²) in [6.45, 7) is 2.56. The van der Waals surface area contributed by atoms with Gasteiger partial charge in [0.05, 0.1) is 37.4 Å². The molecule has 39 heavy (non-hydrogen) atoms. The molecule has 1 aliphatic heterocycles. The number of hydrogen-bond acceptors (Lipinski definition) is 6. The highest BCUT2D eigenvalue weighted by molar-refractivity contribution is 7.92. The normalized spacial score (nSPS) is 17.1. The maximum Gasteiger partial charge on any atom is 0.229 e. The first-order valence-electron chi connectivity index (χ1n) is 12.4. The molecule has 0 amide bonds. The number of benzene rings is 2. The fourth-order valence-electron chi connectivity index (χ4n) is 4.79. The Bertz CT molecular complexity index is 1570. The minimum Gasteiger partial charge on any atom is -0.494 e. The summed E-state index contributed by atoms with van der Waals surface area (Å²) in [4.78, 5) is 6.65. The van der Waals surface area contributed by atoms with Crippen molar-refractivity contribution < 1.29 is 17.9 Å². The molecule has 1 fully saturated rings. The van der Waals surface area contributed by atoms with E-state index in [1.54, 1.807) is 18.3 Å². The van der Waals surface area contributed by atoms with E-state index in [1.807, 2.05) is 72.6 Å². The first kappa shape index (κ1) is 26.5. The van der Waals surface area contributed by atoms with E-state index >= 15 is 0 Å². The van der Waals surface area contributed by atoms with Crippen molar-refractivity contribution >= 4 is 38.7 Å². The Labute approximate surface area is 233 Å². The van der Waals surface area contributed by atoms with Gasteiger partial charge < -0.3 is 24.3 Å². The topological polar surface area (TPSA) is 97.7 Å². The molecule has 2 N–H and O–H groups in total. The Balaban J connectivity index is 1.61. The van der Waals surface area contributed by atoms with Crippen molar-refractivity contribution in [2.45, 2.75) is 19.0 Å². The highest BCUT2D eigenvalue weighted by atomic mass is 32.2. The van der Waals surface area contributed by atoms with E-state index in [1.165, 1.54) is 7.11 Å². The van der Waals surface area contributed by atoms with Crippen molar-refractivity contribution in [2.24, 2.45) is 0 Å². The summed E-state index contributed by atoms with van der Waals surface area (Å²) < 4.78 is 39.5. The lowest BCUT2D eigenvalue weighted by atomic mass is 10.0. The van der Waals surface area contributed by atoms with E-state index in [9.17, 15) is 8.42 Å². The van der Waals surface area contributed by atoms with Gasteiger partial charge in [-0.25, -0.2) is 8.42 Å². The first-order valence-corrected chi connectivity index (χ1v) is 14.7. The van der Waals surface area contributed by atoms with Crippen LogP contribution in [-0.2, 0) is 10.0 Å². The van der Waals surface area contributed by atoms with Crippen LogP contribution in [0, 0.1) is 0 Å². The van der Waals surface area contributed by atoms with Crippen molar-refractivity contribution in [1.82, 2.24) is 14.9 Å². The van der Waals surface area contributed by atoms with Gasteiger partial charge in [-0.05, 0) is 79.8 Å². The van der Waals surface area contributed by atoms with Gasteiger partial charge >= 0.3 is 0 Å². The SMILES string of the molecule is CCOc1ccc(-n2cccc2[C@@H]2[C@@H](c3ccccn3)NC(=S)N2c2ccc(NS(C)(=O)=O)c(OC)c2)cc1. The molecule has 4 aromatic rings. The maximum atomic E-state index is 11.9. The zero-order chi connectivity index (χ0) is 27.6. The average molecular weight is 564 g/mol. The second kappa shape index (κ2) is 11.0. The van der Waals surface area contributed by atoms with Crippen LogP contribution in [0.25, 0.3) is 5.69 Å². The first-order chi connectivity index (χ1) is 18.8. The Kier molecular flexibility index (Phi) is 7.45. The highest BCUT2D eigenvalue weighted by Gasteiger charge is 2.42. The van der Waals surface area contributed by atoms with Crippen molar-refractivity contribution in [3.05, 3.63) is 96.6 Å². The Morgan fingerprint density at radius 1 is 1.05 bits per heavy atom. The third-order valence-electron chi connectivity index (χ3n) is 6.37. The molecule has 2 aromatic heterocycles. The largest absolute Gasteiger partial charge is 0.494 e. The minimum atomic E-state index is -3.49. The van der Waals surface area contributed by atoms with Crippen molar-refractivity contribution in [2.75, 3.05) is 29.6 Å². The monoisotopic (exact) mass is 563 g/mol. The van der Waals surface area contributed by atoms with Gasteiger partial charge in [-0.15, -0.1) is 0 Å². The molecule has 2 aromatic carbocycles. The number of sulfonamides is 1. The van der Waals surface area contributed by atoms with Crippen LogP contribution in [0.5, 0.6) is 11.5 Å². The highest BCUT2D eigenvalue weighted by Crippen LogP contribution is 2.44. The third-order valence-corrected chi connectivity index (χ3v) is 7.27. The van der Waals surface area contributed by atoms with Crippen LogP contribution in [0.4, 0.5) is 11.4 Å². The summed E-state index contributed by atoms with van der Waals surface area (Å²) in [6.07, 6.45) is 4.88. The van der Waals surface area contributed by atoms with Gasteiger partial charge in [0.1, 0.15) is 17.5 Å². The zero-order valence-corrected chi connectivity index (χ0v) is 23.4. The van der Waals surface area contributed by atoms with E-state index in [4.69, 9.17) is 21.7 Å². The summed E-state index contributed by atoms with van der Waals surface area (Å²) >= 11 is 5.87. The molecule has 0 radical (unpaired) electrons. The van der Waals surface area contributed by atoms with Crippen LogP contribution >= 0.6 is 12.2 Å². The lowest BCUT2D eigenvalue weighted by Gasteiger charge is -2.29. The van der Waals surface area contributed by atoms with E-state index < -0.39 is 10.0 Å². The van der Waals surface area contributed by atoms with E-state index in [-0.39, 0.29) is 12.1 Å². The summed E-state index contributed by atoms with van der Waals surface area (Å²) in [5.74, 6) is 1.18. The van der Waals surface area contributed by atoms with E-state index in [2.05, 4.69) is 25.7 Å². The molecule has 0 unspecified atom stereocenters. The van der Waals surface area contributed by atoms with Gasteiger partial charge in [0, 0.05) is 35.5 Å². The van der Waals surface area contributed by atoms with Crippen LogP contribution < -0.4 is 24.4 Å². The van der Waals surface area contributed by atoms with Crippen molar-refractivity contribution in [3.8, 4) is 17.2 Å². The van der Waals surface area contributed by atoms with Gasteiger partial charge in [0.15, 0.2) is 5.11 Å². The Morgan fingerprint density at radius 2 is 1.82 bits per heavy atom. The number of rotatable bonds is 9. The van der Waals surface area contributed by atoms with E-state index in [0.29, 0.717) is 23.2 Å².